The highest BCUT2D eigenvalue weighted by molar-refractivity contribution is 5.95. The monoisotopic (exact) mass is 1030 g/mol. The van der Waals surface area contributed by atoms with Crippen molar-refractivity contribution in [3.05, 3.63) is 140 Å². The van der Waals surface area contributed by atoms with Gasteiger partial charge in [0.2, 0.25) is 5.82 Å². The number of ether oxygens (including phenoxy) is 2. The third-order valence-electron chi connectivity index (χ3n) is 14.9. The number of likely N-dealkylation sites (tertiary alicyclic amines) is 1. The molecule has 4 aromatic carbocycles. The SMILES string of the molecule is CCNC(=O)c1nnc(-c2cc(C(C)C)c(O)cc2O)n1-c1ccc(Oc2ccc(C(=O)N3CCC(N(CCc4ccc5nc6c(c(CC)c5c4)Cn4c-6cc5c(c4=O)COC(=O)C5(O)CC)C(=O)O)CC3)cc2)cc1. The molecule has 0 saturated carbocycles. The van der Waals surface area contributed by atoms with Crippen molar-refractivity contribution < 1.29 is 49.1 Å². The number of aliphatic hydroxyl groups is 1. The number of aromatic nitrogens is 5. The van der Waals surface area contributed by atoms with Crippen LogP contribution in [0.25, 0.3) is 39.4 Å². The molecular weight excluding hydrogens is 973 g/mol. The highest BCUT2D eigenvalue weighted by Gasteiger charge is 2.45. The second-order valence-electron chi connectivity index (χ2n) is 19.7. The van der Waals surface area contributed by atoms with E-state index in [1.165, 1.54) is 15.5 Å². The van der Waals surface area contributed by atoms with E-state index in [1.807, 2.05) is 39.0 Å². The van der Waals surface area contributed by atoms with E-state index in [0.717, 1.165) is 22.1 Å². The number of benzene rings is 4. The molecule has 3 aliphatic heterocycles. The average Bonchev–Trinajstić information content (AvgIpc) is 4.03. The van der Waals surface area contributed by atoms with E-state index < -0.39 is 23.6 Å². The molecule has 1 atom stereocenters. The van der Waals surface area contributed by atoms with Gasteiger partial charge in [-0.25, -0.2) is 14.6 Å². The highest BCUT2D eigenvalue weighted by Crippen LogP contribution is 2.42. The number of carboxylic acid groups (broad SMARTS) is 1. The molecule has 1 saturated heterocycles. The molecule has 3 aliphatic rings. The molecule has 6 heterocycles. The molecule has 5 N–H and O–H groups in total. The Morgan fingerprint density at radius 1 is 0.895 bits per heavy atom. The molecule has 3 amide bonds. The number of nitrogens with zero attached hydrogens (tertiary/aromatic N) is 7. The highest BCUT2D eigenvalue weighted by atomic mass is 16.6. The lowest BCUT2D eigenvalue weighted by Gasteiger charge is -2.37. The van der Waals surface area contributed by atoms with E-state index in [2.05, 4.69) is 15.5 Å². The zero-order chi connectivity index (χ0) is 53.7. The topological polar surface area (TPSA) is 252 Å². The first-order valence-corrected chi connectivity index (χ1v) is 25.6. The van der Waals surface area contributed by atoms with Crippen molar-refractivity contribution >= 4 is 34.8 Å². The smallest absolute Gasteiger partial charge is 0.407 e. The van der Waals surface area contributed by atoms with Gasteiger partial charge in [0.1, 0.15) is 29.6 Å². The number of hydrogen-bond donors (Lipinski definition) is 5. The summed E-state index contributed by atoms with van der Waals surface area (Å²) in [6.07, 6.45) is 1.06. The number of carbonyl (C=O) groups is 4. The van der Waals surface area contributed by atoms with Crippen LogP contribution in [0, 0.1) is 0 Å². The van der Waals surface area contributed by atoms with Gasteiger partial charge in [0.15, 0.2) is 11.4 Å². The maximum absolute atomic E-state index is 13.8. The first-order valence-electron chi connectivity index (χ1n) is 25.6. The van der Waals surface area contributed by atoms with Crippen LogP contribution in [0.3, 0.4) is 0 Å². The van der Waals surface area contributed by atoms with Gasteiger partial charge in [-0.3, -0.25) is 19.0 Å². The molecule has 392 valence electrons. The van der Waals surface area contributed by atoms with Crippen LogP contribution < -0.4 is 15.6 Å². The predicted molar refractivity (Wildman–Crippen MR) is 280 cm³/mol. The molecule has 1 unspecified atom stereocenters. The lowest BCUT2D eigenvalue weighted by Crippen LogP contribution is -2.49. The fourth-order valence-electron chi connectivity index (χ4n) is 10.8. The molecule has 7 aromatic rings. The van der Waals surface area contributed by atoms with E-state index in [9.17, 15) is 44.4 Å². The summed E-state index contributed by atoms with van der Waals surface area (Å²) in [5, 5.41) is 55.2. The third kappa shape index (κ3) is 9.03. The Hall–Kier alpha value is -8.58. The molecule has 0 spiro atoms. The van der Waals surface area contributed by atoms with Gasteiger partial charge >= 0.3 is 12.1 Å². The summed E-state index contributed by atoms with van der Waals surface area (Å²) in [5.74, 6) is -0.626. The van der Waals surface area contributed by atoms with Gasteiger partial charge in [-0.05, 0) is 134 Å². The number of phenolic OH excluding ortho intramolecular Hbond substituents is 2. The van der Waals surface area contributed by atoms with Crippen LogP contribution in [0.5, 0.6) is 23.0 Å². The summed E-state index contributed by atoms with van der Waals surface area (Å²) in [4.78, 5) is 74.3. The number of cyclic esters (lactones) is 1. The maximum Gasteiger partial charge on any atom is 0.407 e. The fourth-order valence-corrected chi connectivity index (χ4v) is 10.8. The Balaban J connectivity index is 0.777. The van der Waals surface area contributed by atoms with Crippen molar-refractivity contribution in [2.24, 2.45) is 0 Å². The zero-order valence-electron chi connectivity index (χ0n) is 42.8. The lowest BCUT2D eigenvalue weighted by atomic mass is 9.86. The quantitative estimate of drug-likeness (QED) is 0.0652. The number of pyridine rings is 2. The Bertz CT molecular complexity index is 3530. The van der Waals surface area contributed by atoms with Crippen LogP contribution in [0.4, 0.5) is 4.79 Å². The van der Waals surface area contributed by atoms with E-state index in [-0.39, 0.29) is 89.4 Å². The van der Waals surface area contributed by atoms with Crippen molar-refractivity contribution in [2.45, 2.75) is 97.4 Å². The zero-order valence-corrected chi connectivity index (χ0v) is 42.8. The summed E-state index contributed by atoms with van der Waals surface area (Å²) in [6.45, 7) is 10.8. The summed E-state index contributed by atoms with van der Waals surface area (Å²) in [6, 6.07) is 23.8. The number of phenols is 2. The number of nitrogens with one attached hydrogen (secondary N) is 1. The Morgan fingerprint density at radius 3 is 2.26 bits per heavy atom. The lowest BCUT2D eigenvalue weighted by molar-refractivity contribution is -0.172. The van der Waals surface area contributed by atoms with Crippen molar-refractivity contribution in [2.75, 3.05) is 26.2 Å². The van der Waals surface area contributed by atoms with Crippen LogP contribution >= 0.6 is 0 Å². The number of piperidine rings is 1. The first-order chi connectivity index (χ1) is 36.5. The van der Waals surface area contributed by atoms with Gasteiger partial charge in [-0.15, -0.1) is 10.2 Å². The molecule has 0 aliphatic carbocycles. The minimum Gasteiger partial charge on any atom is -0.508 e. The number of fused-ring (bicyclic) bond motifs is 5. The second kappa shape index (κ2) is 20.3. The second-order valence-corrected chi connectivity index (χ2v) is 19.7. The number of carbonyl (C=O) groups excluding carboxylic acids is 3. The van der Waals surface area contributed by atoms with Gasteiger partial charge in [-0.1, -0.05) is 33.8 Å². The molecule has 19 nitrogen and oxygen atoms in total. The van der Waals surface area contributed by atoms with Crippen LogP contribution in [0.2, 0.25) is 0 Å². The van der Waals surface area contributed by atoms with E-state index in [1.54, 1.807) is 84.0 Å². The number of aromatic hydroxyl groups is 2. The van der Waals surface area contributed by atoms with Crippen molar-refractivity contribution in [1.29, 1.82) is 0 Å². The average molecular weight is 1030 g/mol. The third-order valence-corrected chi connectivity index (χ3v) is 14.9. The van der Waals surface area contributed by atoms with Crippen LogP contribution in [-0.2, 0) is 41.1 Å². The Morgan fingerprint density at radius 2 is 1.61 bits per heavy atom. The largest absolute Gasteiger partial charge is 0.508 e. The van der Waals surface area contributed by atoms with Gasteiger partial charge in [-0.2, -0.15) is 0 Å². The molecular formula is C57H58N8O11. The van der Waals surface area contributed by atoms with Gasteiger partial charge < -0.3 is 49.6 Å². The van der Waals surface area contributed by atoms with Gasteiger partial charge in [0.05, 0.1) is 34.6 Å². The van der Waals surface area contributed by atoms with Gasteiger partial charge in [0.25, 0.3) is 17.4 Å². The summed E-state index contributed by atoms with van der Waals surface area (Å²) < 4.78 is 14.5. The van der Waals surface area contributed by atoms with Crippen molar-refractivity contribution in [3.63, 3.8) is 0 Å². The van der Waals surface area contributed by atoms with Gasteiger partial charge in [0, 0.05) is 66.1 Å². The minimum absolute atomic E-state index is 0.00130. The molecule has 0 radical (unpaired) electrons. The molecule has 19 heteroatoms. The van der Waals surface area contributed by atoms with E-state index in [4.69, 9.17) is 14.5 Å². The normalized spacial score (nSPS) is 16.0. The van der Waals surface area contributed by atoms with E-state index in [0.29, 0.717) is 90.5 Å². The summed E-state index contributed by atoms with van der Waals surface area (Å²) in [7, 11) is 0. The number of rotatable bonds is 14. The fraction of sp³-hybridized carbons (Fsp3) is 0.333. The first kappa shape index (κ1) is 50.9. The minimum atomic E-state index is -1.92. The Labute approximate surface area is 437 Å². The number of esters is 1. The number of hydrogen-bond acceptors (Lipinski definition) is 13. The van der Waals surface area contributed by atoms with Crippen LogP contribution in [0.15, 0.2) is 89.7 Å². The van der Waals surface area contributed by atoms with Crippen molar-refractivity contribution in [3.8, 4) is 51.5 Å². The predicted octanol–water partition coefficient (Wildman–Crippen LogP) is 7.79. The molecule has 1 fully saturated rings. The van der Waals surface area contributed by atoms with E-state index >= 15 is 0 Å². The molecule has 0 bridgehead atoms. The molecule has 3 aromatic heterocycles. The van der Waals surface area contributed by atoms with Crippen molar-refractivity contribution in [1.82, 2.24) is 39.4 Å². The number of aryl methyl sites for hydroxylation is 1. The van der Waals surface area contributed by atoms with Crippen LogP contribution in [-0.4, -0.2) is 111 Å². The summed E-state index contributed by atoms with van der Waals surface area (Å²) >= 11 is 0. The Kier molecular flexibility index (Phi) is 13.6. The molecule has 76 heavy (non-hydrogen) atoms. The standard InChI is InChI=1S/C57H58N8O11/c1-6-38-40-25-32(9-18-45(40)59-49-42(38)29-64-46(49)27-44-43(54(64)70)30-75-55(71)57(44,74)7-2)19-24-63(56(72)73)34-20-22-62(23-21-34)53(69)33-10-14-36(15-11-33)76-37-16-12-35(13-17-37)65-50(60-61-51(65)52(68)58-8-3)41-26-39(31(4)5)47(66)28-48(41)67/h9-18,25-28,31,34,66-67,74H,6-8,19-24,29-30H2,1-5H3,(H,58,68)(H,72,73). The summed E-state index contributed by atoms with van der Waals surface area (Å²) in [5.41, 5.74) is 4.87. The molecule has 10 rings (SSSR count). The number of amides is 3. The maximum atomic E-state index is 13.8. The van der Waals surface area contributed by atoms with Crippen LogP contribution in [0.1, 0.15) is 114 Å².